The number of nitrogens with one attached hydrogen (secondary N) is 2. The van der Waals surface area contributed by atoms with E-state index in [4.69, 9.17) is 4.99 Å². The number of anilines is 1. The van der Waals surface area contributed by atoms with E-state index in [1.54, 1.807) is 0 Å². The molecule has 0 atom stereocenters. The van der Waals surface area contributed by atoms with Gasteiger partial charge in [0.1, 0.15) is 0 Å². The number of rotatable bonds is 7. The summed E-state index contributed by atoms with van der Waals surface area (Å²) >= 11 is 1.83. The number of hydrogen-bond donors (Lipinski definition) is 2. The zero-order chi connectivity index (χ0) is 19.9. The summed E-state index contributed by atoms with van der Waals surface area (Å²) in [6.07, 6.45) is 4.20. The molecular formula is C21H35IN6S. The Hall–Kier alpha value is -1.29. The molecule has 0 bridgehead atoms. The molecule has 0 saturated carbocycles. The van der Waals surface area contributed by atoms with Gasteiger partial charge in [-0.2, -0.15) is 5.10 Å². The lowest BCUT2D eigenvalue weighted by molar-refractivity contribution is 0.463. The van der Waals surface area contributed by atoms with E-state index in [-0.39, 0.29) is 24.0 Å². The fourth-order valence-electron chi connectivity index (χ4n) is 3.94. The van der Waals surface area contributed by atoms with Gasteiger partial charge < -0.3 is 15.5 Å². The molecule has 6 nitrogen and oxygen atoms in total. The summed E-state index contributed by atoms with van der Waals surface area (Å²) in [4.78, 5) is 7.40. The third kappa shape index (κ3) is 6.10. The Morgan fingerprint density at radius 3 is 2.59 bits per heavy atom. The second-order valence-electron chi connectivity index (χ2n) is 7.25. The molecule has 2 aromatic rings. The molecule has 3 rings (SSSR count). The van der Waals surface area contributed by atoms with E-state index in [0.717, 1.165) is 51.3 Å². The summed E-state index contributed by atoms with van der Waals surface area (Å²) in [6.45, 7) is 10.2. The number of piperidine rings is 1. The van der Waals surface area contributed by atoms with Crippen LogP contribution in [0.25, 0.3) is 0 Å². The minimum Gasteiger partial charge on any atom is -0.363 e. The van der Waals surface area contributed by atoms with Crippen LogP contribution in [-0.4, -0.2) is 41.4 Å². The van der Waals surface area contributed by atoms with Gasteiger partial charge in [0.2, 0.25) is 0 Å². The summed E-state index contributed by atoms with van der Waals surface area (Å²) < 4.78 is 2.02. The Morgan fingerprint density at radius 1 is 1.24 bits per heavy atom. The van der Waals surface area contributed by atoms with E-state index in [1.165, 1.54) is 22.0 Å². The minimum atomic E-state index is 0. The highest BCUT2D eigenvalue weighted by Crippen LogP contribution is 2.24. The van der Waals surface area contributed by atoms with Crippen molar-refractivity contribution in [2.45, 2.75) is 59.0 Å². The fourth-order valence-corrected chi connectivity index (χ4v) is 4.72. The van der Waals surface area contributed by atoms with Crippen LogP contribution in [0, 0.1) is 0 Å². The molecule has 1 fully saturated rings. The Labute approximate surface area is 196 Å². The lowest BCUT2D eigenvalue weighted by Crippen LogP contribution is -2.48. The molecule has 2 N–H and O–H groups in total. The molecule has 29 heavy (non-hydrogen) atoms. The van der Waals surface area contributed by atoms with Crippen LogP contribution in [0.4, 0.5) is 5.00 Å². The number of hydrogen-bond acceptors (Lipinski definition) is 4. The van der Waals surface area contributed by atoms with Gasteiger partial charge in [-0.3, -0.25) is 4.68 Å². The summed E-state index contributed by atoms with van der Waals surface area (Å²) in [7, 11) is 2.04. The van der Waals surface area contributed by atoms with E-state index in [1.807, 2.05) is 23.1 Å². The van der Waals surface area contributed by atoms with Crippen molar-refractivity contribution < 1.29 is 0 Å². The molecule has 1 aliphatic heterocycles. The maximum absolute atomic E-state index is 4.91. The lowest BCUT2D eigenvalue weighted by atomic mass is 10.1. The number of aryl methyl sites for hydroxylation is 2. The number of guanidine groups is 1. The van der Waals surface area contributed by atoms with Crippen LogP contribution < -0.4 is 15.5 Å². The first-order chi connectivity index (χ1) is 13.7. The Morgan fingerprint density at radius 2 is 2.00 bits per heavy atom. The van der Waals surface area contributed by atoms with E-state index in [9.17, 15) is 0 Å². The number of thiophene rings is 1. The maximum Gasteiger partial charge on any atom is 0.191 e. The first kappa shape index (κ1) is 24.0. The summed E-state index contributed by atoms with van der Waals surface area (Å²) in [5.74, 6) is 0.921. The van der Waals surface area contributed by atoms with Gasteiger partial charge in [0, 0.05) is 44.0 Å². The minimum absolute atomic E-state index is 0. The highest BCUT2D eigenvalue weighted by atomic mass is 127. The predicted molar refractivity (Wildman–Crippen MR) is 135 cm³/mol. The van der Waals surface area contributed by atoms with Crippen LogP contribution in [0.3, 0.4) is 0 Å². The van der Waals surface area contributed by atoms with Gasteiger partial charge in [0.15, 0.2) is 5.96 Å². The van der Waals surface area contributed by atoms with Gasteiger partial charge in [-0.05, 0) is 50.1 Å². The molecule has 1 aliphatic rings. The van der Waals surface area contributed by atoms with Crippen molar-refractivity contribution in [1.82, 2.24) is 20.4 Å². The Bertz CT molecular complexity index is 762. The number of aromatic nitrogens is 2. The van der Waals surface area contributed by atoms with Crippen LogP contribution in [0.2, 0.25) is 0 Å². The molecule has 8 heteroatoms. The van der Waals surface area contributed by atoms with Crippen molar-refractivity contribution in [3.8, 4) is 0 Å². The predicted octanol–water partition coefficient (Wildman–Crippen LogP) is 3.95. The Balaban J connectivity index is 0.00000300. The van der Waals surface area contributed by atoms with Crippen LogP contribution in [-0.2, 0) is 26.4 Å². The molecule has 0 spiro atoms. The molecule has 2 aromatic heterocycles. The average Bonchev–Trinajstić information content (AvgIpc) is 3.34. The van der Waals surface area contributed by atoms with Crippen molar-refractivity contribution in [1.29, 1.82) is 0 Å². The van der Waals surface area contributed by atoms with Crippen LogP contribution in [0.1, 0.15) is 50.6 Å². The first-order valence-electron chi connectivity index (χ1n) is 10.5. The molecule has 0 aromatic carbocycles. The molecule has 1 saturated heterocycles. The second-order valence-corrected chi connectivity index (χ2v) is 8.18. The van der Waals surface area contributed by atoms with E-state index in [0.29, 0.717) is 12.6 Å². The van der Waals surface area contributed by atoms with E-state index < -0.39 is 0 Å². The zero-order valence-electron chi connectivity index (χ0n) is 18.1. The first-order valence-corrected chi connectivity index (χ1v) is 11.4. The molecule has 0 radical (unpaired) electrons. The fraction of sp³-hybridized carbons (Fsp3) is 0.619. The summed E-state index contributed by atoms with van der Waals surface area (Å²) in [5.41, 5.74) is 3.75. The average molecular weight is 531 g/mol. The van der Waals surface area contributed by atoms with Crippen LogP contribution >= 0.6 is 35.3 Å². The summed E-state index contributed by atoms with van der Waals surface area (Å²) in [6, 6.07) is 4.82. The van der Waals surface area contributed by atoms with Crippen molar-refractivity contribution >= 4 is 46.3 Å². The smallest absolute Gasteiger partial charge is 0.191 e. The van der Waals surface area contributed by atoms with Gasteiger partial charge in [0.25, 0.3) is 0 Å². The van der Waals surface area contributed by atoms with Crippen LogP contribution in [0.15, 0.2) is 22.5 Å². The molecule has 0 amide bonds. The van der Waals surface area contributed by atoms with Gasteiger partial charge in [0.05, 0.1) is 17.2 Å². The van der Waals surface area contributed by atoms with Gasteiger partial charge in [-0.1, -0.05) is 13.8 Å². The summed E-state index contributed by atoms with van der Waals surface area (Å²) in [5, 5.41) is 15.3. The normalized spacial score (nSPS) is 15.3. The Kier molecular flexibility index (Phi) is 9.74. The quantitative estimate of drug-likeness (QED) is 0.324. The highest BCUT2D eigenvalue weighted by Gasteiger charge is 2.21. The van der Waals surface area contributed by atoms with Gasteiger partial charge >= 0.3 is 0 Å². The molecule has 162 valence electrons. The third-order valence-electron chi connectivity index (χ3n) is 5.42. The topological polar surface area (TPSA) is 57.5 Å². The third-order valence-corrected chi connectivity index (χ3v) is 6.35. The van der Waals surface area contributed by atoms with Gasteiger partial charge in [-0.25, -0.2) is 4.99 Å². The molecule has 0 aliphatic carbocycles. The SMILES string of the molecule is CCNC(=NCc1c(CC)nn(C)c1CC)NC1CCN(c2cccs2)CC1.I. The second kappa shape index (κ2) is 11.8. The van der Waals surface area contributed by atoms with Crippen molar-refractivity contribution in [2.75, 3.05) is 24.5 Å². The molecule has 3 heterocycles. The maximum atomic E-state index is 4.91. The highest BCUT2D eigenvalue weighted by molar-refractivity contribution is 14.0. The molecule has 0 unspecified atom stereocenters. The largest absolute Gasteiger partial charge is 0.363 e. The lowest BCUT2D eigenvalue weighted by Gasteiger charge is -2.33. The zero-order valence-corrected chi connectivity index (χ0v) is 21.2. The van der Waals surface area contributed by atoms with Gasteiger partial charge in [-0.15, -0.1) is 35.3 Å². The van der Waals surface area contributed by atoms with Crippen molar-refractivity contribution in [2.24, 2.45) is 12.0 Å². The number of halogens is 1. The number of aliphatic imine (C=N–C) groups is 1. The van der Waals surface area contributed by atoms with E-state index in [2.05, 4.69) is 58.9 Å². The van der Waals surface area contributed by atoms with Crippen molar-refractivity contribution in [3.63, 3.8) is 0 Å². The standard InChI is InChI=1S/C21H34N6S.HI/c1-5-18-17(19(6-2)26(4)25-18)15-23-21(22-7-3)24-16-10-12-27(13-11-16)20-9-8-14-28-20;/h8-9,14,16H,5-7,10-13,15H2,1-4H3,(H2,22,23,24);1H. The molecular weight excluding hydrogens is 495 g/mol. The van der Waals surface area contributed by atoms with E-state index >= 15 is 0 Å². The monoisotopic (exact) mass is 530 g/mol. The number of nitrogens with zero attached hydrogens (tertiary/aromatic N) is 4. The van der Waals surface area contributed by atoms with Crippen LogP contribution in [0.5, 0.6) is 0 Å². The van der Waals surface area contributed by atoms with Crippen molar-refractivity contribution in [3.05, 3.63) is 34.5 Å².